The molecule has 3 saturated carbocycles. The van der Waals surface area contributed by atoms with Gasteiger partial charge in [-0.25, -0.2) is 0 Å². The molecule has 5 fully saturated rings. The van der Waals surface area contributed by atoms with Gasteiger partial charge in [-0.1, -0.05) is 39.3 Å². The van der Waals surface area contributed by atoms with Gasteiger partial charge >= 0.3 is 0 Å². The van der Waals surface area contributed by atoms with Gasteiger partial charge in [0, 0.05) is 12.3 Å². The van der Waals surface area contributed by atoms with Gasteiger partial charge in [0.2, 0.25) is 0 Å². The molecule has 3 nitrogen and oxygen atoms in total. The van der Waals surface area contributed by atoms with Crippen molar-refractivity contribution in [1.29, 1.82) is 0 Å². The fraction of sp³-hybridized carbons (Fsp3) is 0.926. The summed E-state index contributed by atoms with van der Waals surface area (Å²) in [5, 5.41) is 10.3. The molecule has 0 aromatic rings. The topological polar surface area (TPSA) is 38.7 Å². The Kier molecular flexibility index (Phi) is 4.44. The molecule has 0 radical (unpaired) electrons. The van der Waals surface area contributed by atoms with E-state index in [4.69, 9.17) is 9.47 Å². The van der Waals surface area contributed by atoms with E-state index in [-0.39, 0.29) is 11.9 Å². The van der Waals surface area contributed by atoms with Crippen LogP contribution in [0.15, 0.2) is 11.6 Å². The van der Waals surface area contributed by atoms with Gasteiger partial charge in [0.15, 0.2) is 5.79 Å². The van der Waals surface area contributed by atoms with E-state index in [9.17, 15) is 5.11 Å². The summed E-state index contributed by atoms with van der Waals surface area (Å²) in [7, 11) is 0. The maximum Gasteiger partial charge on any atom is 0.171 e. The number of hydrogen-bond acceptors (Lipinski definition) is 3. The predicted octanol–water partition coefficient (Wildman–Crippen LogP) is 5.71. The molecule has 0 bridgehead atoms. The van der Waals surface area contributed by atoms with Crippen LogP contribution in [0.25, 0.3) is 0 Å². The first-order chi connectivity index (χ1) is 14.3. The minimum atomic E-state index is -0.294. The van der Waals surface area contributed by atoms with E-state index in [0.717, 1.165) is 43.6 Å². The summed E-state index contributed by atoms with van der Waals surface area (Å²) in [4.78, 5) is 0. The maximum atomic E-state index is 10.3. The van der Waals surface area contributed by atoms with Crippen LogP contribution in [0.2, 0.25) is 0 Å². The first kappa shape index (κ1) is 20.2. The van der Waals surface area contributed by atoms with Gasteiger partial charge in [-0.05, 0) is 91.8 Å². The van der Waals surface area contributed by atoms with E-state index in [1.54, 1.807) is 5.57 Å². The Labute approximate surface area is 183 Å². The van der Waals surface area contributed by atoms with Crippen molar-refractivity contribution in [1.82, 2.24) is 0 Å². The standard InChI is InChI=1S/C27H42O3/c1-16-7-12-27(29-15-16)17(2)24-23(30-27)14-22-20-6-5-18-13-19(28)8-10-25(18,3)21(20)9-11-26(22,24)4/h5,16-17,19-24,28H,6-15H2,1-4H3/t16-,17+,19-,20-,21+,22+,23+,24+,25+,26+,27-/m1/s1. The average Bonchev–Trinajstić information content (AvgIpc) is 3.16. The van der Waals surface area contributed by atoms with Crippen LogP contribution in [-0.2, 0) is 9.47 Å². The van der Waals surface area contributed by atoms with E-state index in [1.807, 2.05) is 0 Å². The first-order valence-corrected chi connectivity index (χ1v) is 13.0. The Bertz CT molecular complexity index is 736. The van der Waals surface area contributed by atoms with Crippen LogP contribution in [0.4, 0.5) is 0 Å². The maximum absolute atomic E-state index is 10.3. The van der Waals surface area contributed by atoms with E-state index in [0.29, 0.717) is 34.7 Å². The Morgan fingerprint density at radius 2 is 1.87 bits per heavy atom. The normalized spacial score (nSPS) is 59.8. The molecule has 0 unspecified atom stereocenters. The number of fused-ring (bicyclic) bond motifs is 7. The van der Waals surface area contributed by atoms with Crippen molar-refractivity contribution >= 4 is 0 Å². The highest BCUT2D eigenvalue weighted by Crippen LogP contribution is 2.70. The van der Waals surface area contributed by atoms with Crippen LogP contribution in [0.1, 0.15) is 85.5 Å². The Morgan fingerprint density at radius 1 is 1.03 bits per heavy atom. The number of rotatable bonds is 0. The summed E-state index contributed by atoms with van der Waals surface area (Å²) in [5.41, 5.74) is 2.31. The number of hydrogen-bond donors (Lipinski definition) is 1. The lowest BCUT2D eigenvalue weighted by molar-refractivity contribution is -0.272. The number of aliphatic hydroxyl groups is 1. The molecule has 1 N–H and O–H groups in total. The second-order valence-corrected chi connectivity index (χ2v) is 12.7. The van der Waals surface area contributed by atoms with Gasteiger partial charge in [0.05, 0.1) is 18.8 Å². The van der Waals surface area contributed by atoms with Gasteiger partial charge in [0.25, 0.3) is 0 Å². The third-order valence-corrected chi connectivity index (χ3v) is 11.3. The summed E-state index contributed by atoms with van der Waals surface area (Å²) in [6.07, 6.45) is 13.5. The van der Waals surface area contributed by atoms with E-state index < -0.39 is 0 Å². The second-order valence-electron chi connectivity index (χ2n) is 12.7. The highest BCUT2D eigenvalue weighted by molar-refractivity contribution is 5.26. The van der Waals surface area contributed by atoms with Crippen LogP contribution >= 0.6 is 0 Å². The molecule has 4 aliphatic carbocycles. The third kappa shape index (κ3) is 2.55. The quantitative estimate of drug-likeness (QED) is 0.516. The van der Waals surface area contributed by atoms with E-state index >= 15 is 0 Å². The molecule has 0 aromatic carbocycles. The molecule has 6 aliphatic rings. The molecule has 6 rings (SSSR count). The van der Waals surface area contributed by atoms with Gasteiger partial charge in [-0.2, -0.15) is 0 Å². The lowest BCUT2D eigenvalue weighted by Gasteiger charge is -2.58. The van der Waals surface area contributed by atoms with Crippen LogP contribution in [0.3, 0.4) is 0 Å². The molecule has 2 heterocycles. The van der Waals surface area contributed by atoms with Crippen molar-refractivity contribution in [2.24, 2.45) is 46.3 Å². The van der Waals surface area contributed by atoms with Crippen LogP contribution in [-0.4, -0.2) is 29.7 Å². The fourth-order valence-electron chi connectivity index (χ4n) is 9.66. The largest absolute Gasteiger partial charge is 0.393 e. The van der Waals surface area contributed by atoms with Gasteiger partial charge in [-0.15, -0.1) is 0 Å². The van der Waals surface area contributed by atoms with Gasteiger partial charge in [0.1, 0.15) is 0 Å². The zero-order valence-electron chi connectivity index (χ0n) is 19.5. The van der Waals surface area contributed by atoms with Crippen LogP contribution in [0.5, 0.6) is 0 Å². The number of aliphatic hydroxyl groups excluding tert-OH is 1. The fourth-order valence-corrected chi connectivity index (χ4v) is 9.66. The highest BCUT2D eigenvalue weighted by Gasteiger charge is 2.68. The average molecular weight is 415 g/mol. The molecular weight excluding hydrogens is 372 g/mol. The SMILES string of the molecule is C[C@@H]1CC[C@@]2(OC1)O[C@H]1C[C@H]3[C@@H]4CC=C5C[C@H](O)CC[C@]5(C)[C@H]4CC[C@]3(C)[C@H]1[C@@H]2C. The molecular formula is C27H42O3. The summed E-state index contributed by atoms with van der Waals surface area (Å²) in [6.45, 7) is 10.8. The van der Waals surface area contributed by atoms with Crippen molar-refractivity contribution in [2.75, 3.05) is 6.61 Å². The highest BCUT2D eigenvalue weighted by atomic mass is 16.7. The summed E-state index contributed by atoms with van der Waals surface area (Å²) < 4.78 is 13.3. The Hall–Kier alpha value is -0.380. The summed E-state index contributed by atoms with van der Waals surface area (Å²) in [6, 6.07) is 0. The van der Waals surface area contributed by atoms with Crippen LogP contribution < -0.4 is 0 Å². The molecule has 2 aliphatic heterocycles. The molecule has 1 spiro atoms. The first-order valence-electron chi connectivity index (χ1n) is 13.0. The van der Waals surface area contributed by atoms with Crippen molar-refractivity contribution < 1.29 is 14.6 Å². The molecule has 168 valence electrons. The Balaban J connectivity index is 1.28. The van der Waals surface area contributed by atoms with Crippen molar-refractivity contribution in [3.8, 4) is 0 Å². The zero-order valence-corrected chi connectivity index (χ0v) is 19.5. The molecule has 0 amide bonds. The van der Waals surface area contributed by atoms with Gasteiger partial charge in [-0.3, -0.25) is 0 Å². The summed E-state index contributed by atoms with van der Waals surface area (Å²) >= 11 is 0. The number of ether oxygens (including phenoxy) is 2. The predicted molar refractivity (Wildman–Crippen MR) is 118 cm³/mol. The molecule has 2 saturated heterocycles. The van der Waals surface area contributed by atoms with Crippen molar-refractivity contribution in [2.45, 2.75) is 103 Å². The number of allylic oxidation sites excluding steroid dienone is 1. The third-order valence-electron chi connectivity index (χ3n) is 11.3. The van der Waals surface area contributed by atoms with Crippen molar-refractivity contribution in [3.05, 3.63) is 11.6 Å². The molecule has 0 aromatic heterocycles. The monoisotopic (exact) mass is 414 g/mol. The lowest BCUT2D eigenvalue weighted by atomic mass is 9.47. The summed E-state index contributed by atoms with van der Waals surface area (Å²) in [5.74, 6) is 3.94. The van der Waals surface area contributed by atoms with E-state index in [2.05, 4.69) is 33.8 Å². The van der Waals surface area contributed by atoms with Gasteiger partial charge < -0.3 is 14.6 Å². The molecule has 30 heavy (non-hydrogen) atoms. The van der Waals surface area contributed by atoms with Crippen LogP contribution in [0, 0.1) is 46.3 Å². The Morgan fingerprint density at radius 3 is 2.63 bits per heavy atom. The van der Waals surface area contributed by atoms with E-state index in [1.165, 1.54) is 38.5 Å². The van der Waals surface area contributed by atoms with Crippen molar-refractivity contribution in [3.63, 3.8) is 0 Å². The minimum absolute atomic E-state index is 0.107. The zero-order chi connectivity index (χ0) is 20.9. The lowest BCUT2D eigenvalue weighted by Crippen LogP contribution is -2.52. The molecule has 3 heteroatoms. The molecule has 11 atom stereocenters. The minimum Gasteiger partial charge on any atom is -0.393 e. The smallest absolute Gasteiger partial charge is 0.171 e. The second kappa shape index (κ2) is 6.58.